The molecule has 1 aromatic heterocycles. The van der Waals surface area contributed by atoms with E-state index < -0.39 is 0 Å². The molecule has 0 spiro atoms. The number of allylic oxidation sites excluding steroid dienone is 2. The van der Waals surface area contributed by atoms with Gasteiger partial charge in [-0.15, -0.1) is 24.0 Å². The number of rotatable bonds is 8. The van der Waals surface area contributed by atoms with E-state index in [1.165, 1.54) is 4.90 Å². The molecule has 2 aromatic rings. The van der Waals surface area contributed by atoms with Gasteiger partial charge in [0, 0.05) is 32.7 Å². The van der Waals surface area contributed by atoms with Crippen LogP contribution in [0.4, 0.5) is 0 Å². The summed E-state index contributed by atoms with van der Waals surface area (Å²) in [6.45, 7) is 7.33. The van der Waals surface area contributed by atoms with Crippen molar-refractivity contribution in [3.8, 4) is 0 Å². The van der Waals surface area contributed by atoms with Crippen molar-refractivity contribution in [2.75, 3.05) is 26.2 Å². The molecule has 2 amide bonds. The molecule has 34 heavy (non-hydrogen) atoms. The van der Waals surface area contributed by atoms with E-state index in [1.54, 1.807) is 0 Å². The van der Waals surface area contributed by atoms with Gasteiger partial charge in [-0.25, -0.2) is 4.98 Å². The Bertz CT molecular complexity index is 1100. The quantitative estimate of drug-likeness (QED) is 0.126. The maximum absolute atomic E-state index is 12.8. The van der Waals surface area contributed by atoms with Crippen LogP contribution >= 0.6 is 24.0 Å². The highest BCUT2D eigenvalue weighted by atomic mass is 127. The lowest BCUT2D eigenvalue weighted by molar-refractivity contribution is -0.140. The number of guanidine groups is 1. The van der Waals surface area contributed by atoms with Crippen molar-refractivity contribution in [2.24, 2.45) is 28.7 Å². The van der Waals surface area contributed by atoms with Gasteiger partial charge in [-0.3, -0.25) is 19.5 Å². The fourth-order valence-electron chi connectivity index (χ4n) is 5.71. The lowest BCUT2D eigenvalue weighted by atomic mass is 9.85. The molecule has 1 saturated carbocycles. The zero-order chi connectivity index (χ0) is 22.9. The number of nitrogens with one attached hydrogen (secondary N) is 2. The maximum atomic E-state index is 12.8. The van der Waals surface area contributed by atoms with Gasteiger partial charge in [0.05, 0.1) is 22.9 Å². The molecule has 182 valence electrons. The molecule has 3 aliphatic rings. The van der Waals surface area contributed by atoms with Crippen LogP contribution in [0.1, 0.15) is 25.6 Å². The third-order valence-corrected chi connectivity index (χ3v) is 7.19. The molecule has 1 saturated heterocycles. The van der Waals surface area contributed by atoms with Crippen molar-refractivity contribution >= 4 is 52.8 Å². The maximum Gasteiger partial charge on any atom is 0.233 e. The summed E-state index contributed by atoms with van der Waals surface area (Å²) in [5, 5.41) is 6.65. The third kappa shape index (κ3) is 4.46. The molecule has 2 N–H and O–H groups in total. The van der Waals surface area contributed by atoms with Crippen molar-refractivity contribution in [3.63, 3.8) is 0 Å². The monoisotopic (exact) mass is 576 g/mol. The highest BCUT2D eigenvalue weighted by Crippen LogP contribution is 2.52. The predicted octanol–water partition coefficient (Wildman–Crippen LogP) is 2.72. The number of aliphatic imine (C=N–C) groups is 1. The minimum Gasteiger partial charge on any atom is -0.357 e. The van der Waals surface area contributed by atoms with Crippen LogP contribution < -0.4 is 10.6 Å². The van der Waals surface area contributed by atoms with E-state index in [0.717, 1.165) is 48.9 Å². The number of nitrogens with zero attached hydrogens (tertiary/aromatic N) is 4. The number of aryl methyl sites for hydroxylation is 1. The smallest absolute Gasteiger partial charge is 0.233 e. The van der Waals surface area contributed by atoms with Crippen LogP contribution in [-0.4, -0.2) is 58.4 Å². The standard InChI is InChI=1S/C25H32N6O2.HI/c1-3-26-25(28-12-14-30-16(2)29-19-7-4-5-8-20(19)30)27-11-6-13-31-23(32)21-17-9-10-18(15-17)22(21)24(31)33;/h4-5,7-10,17-18,21-22H,3,6,11-15H2,1-2H3,(H2,26,27,28);1H. The molecule has 0 radical (unpaired) electrons. The van der Waals surface area contributed by atoms with Crippen molar-refractivity contribution < 1.29 is 9.59 Å². The molecule has 2 fully saturated rings. The number of carbonyl (C=O) groups excluding carboxylic acids is 2. The SMILES string of the molecule is CCNC(=NCCCN1C(=O)C2C3C=CC(C3)C2C1=O)NCCn1c(C)nc2ccccc21.I. The summed E-state index contributed by atoms with van der Waals surface area (Å²) in [7, 11) is 0. The Labute approximate surface area is 217 Å². The van der Waals surface area contributed by atoms with Gasteiger partial charge in [0.25, 0.3) is 0 Å². The molecule has 4 unspecified atom stereocenters. The summed E-state index contributed by atoms with van der Waals surface area (Å²) in [4.78, 5) is 36.3. The van der Waals surface area contributed by atoms with Crippen LogP contribution in [0.2, 0.25) is 0 Å². The average Bonchev–Trinajstić information content (AvgIpc) is 3.55. The molecule has 2 aliphatic carbocycles. The number of para-hydroxylation sites is 2. The lowest BCUT2D eigenvalue weighted by Gasteiger charge is -2.17. The summed E-state index contributed by atoms with van der Waals surface area (Å²) >= 11 is 0. The fourth-order valence-corrected chi connectivity index (χ4v) is 5.71. The van der Waals surface area contributed by atoms with Gasteiger partial charge >= 0.3 is 0 Å². The summed E-state index contributed by atoms with van der Waals surface area (Å²) in [5.41, 5.74) is 2.14. The third-order valence-electron chi connectivity index (χ3n) is 7.19. The van der Waals surface area contributed by atoms with E-state index in [2.05, 4.69) is 43.4 Å². The number of hydrogen-bond acceptors (Lipinski definition) is 4. The Kier molecular flexibility index (Phi) is 7.59. The molecular weight excluding hydrogens is 543 g/mol. The number of halogens is 1. The molecule has 2 heterocycles. The Hall–Kier alpha value is -2.43. The minimum atomic E-state index is -0.113. The molecule has 8 nitrogen and oxygen atoms in total. The molecule has 4 atom stereocenters. The number of amides is 2. The van der Waals surface area contributed by atoms with Gasteiger partial charge in [-0.05, 0) is 50.7 Å². The van der Waals surface area contributed by atoms with Crippen molar-refractivity contribution in [3.05, 3.63) is 42.2 Å². The number of hydrogen-bond donors (Lipinski definition) is 2. The van der Waals surface area contributed by atoms with Crippen molar-refractivity contribution in [2.45, 2.75) is 33.2 Å². The topological polar surface area (TPSA) is 91.6 Å². The first kappa shape index (κ1) is 24.7. The average molecular weight is 576 g/mol. The number of carbonyl (C=O) groups is 2. The van der Waals surface area contributed by atoms with E-state index in [-0.39, 0.29) is 59.5 Å². The van der Waals surface area contributed by atoms with Crippen molar-refractivity contribution in [1.29, 1.82) is 0 Å². The fraction of sp³-hybridized carbons (Fsp3) is 0.520. The lowest BCUT2D eigenvalue weighted by Crippen LogP contribution is -2.39. The summed E-state index contributed by atoms with van der Waals surface area (Å²) in [5.74, 6) is 2.10. The van der Waals surface area contributed by atoms with Crippen molar-refractivity contribution in [1.82, 2.24) is 25.1 Å². The number of likely N-dealkylation sites (tertiary alicyclic amines) is 1. The summed E-state index contributed by atoms with van der Waals surface area (Å²) < 4.78 is 2.20. The molecule has 5 rings (SSSR count). The molecule has 2 bridgehead atoms. The van der Waals surface area contributed by atoms with Crippen LogP contribution in [-0.2, 0) is 16.1 Å². The molecular formula is C25H33IN6O2. The van der Waals surface area contributed by atoms with Gasteiger partial charge < -0.3 is 15.2 Å². The van der Waals surface area contributed by atoms with Gasteiger partial charge in [0.15, 0.2) is 5.96 Å². The molecule has 1 aromatic carbocycles. The second kappa shape index (κ2) is 10.5. The second-order valence-electron chi connectivity index (χ2n) is 9.17. The largest absolute Gasteiger partial charge is 0.357 e. The second-order valence-corrected chi connectivity index (χ2v) is 9.17. The number of fused-ring (bicyclic) bond motifs is 6. The van der Waals surface area contributed by atoms with Crippen LogP contribution in [0.5, 0.6) is 0 Å². The highest BCUT2D eigenvalue weighted by Gasteiger charge is 2.58. The Morgan fingerprint density at radius 2 is 1.79 bits per heavy atom. The molecule has 9 heteroatoms. The minimum absolute atomic E-state index is 0. The van der Waals surface area contributed by atoms with E-state index in [9.17, 15) is 9.59 Å². The van der Waals surface area contributed by atoms with Gasteiger partial charge in [-0.1, -0.05) is 24.3 Å². The van der Waals surface area contributed by atoms with Gasteiger partial charge in [-0.2, -0.15) is 0 Å². The van der Waals surface area contributed by atoms with E-state index in [1.807, 2.05) is 32.0 Å². The first-order chi connectivity index (χ1) is 16.1. The summed E-state index contributed by atoms with van der Waals surface area (Å²) in [6.07, 6.45) is 5.90. The van der Waals surface area contributed by atoms with E-state index >= 15 is 0 Å². The van der Waals surface area contributed by atoms with Crippen LogP contribution in [0.15, 0.2) is 41.4 Å². The zero-order valence-corrected chi connectivity index (χ0v) is 22.1. The zero-order valence-electron chi connectivity index (χ0n) is 19.7. The first-order valence-corrected chi connectivity index (χ1v) is 12.1. The normalized spacial score (nSPS) is 25.2. The highest BCUT2D eigenvalue weighted by molar-refractivity contribution is 14.0. The number of imidazole rings is 1. The first-order valence-electron chi connectivity index (χ1n) is 12.1. The van der Waals surface area contributed by atoms with Crippen LogP contribution in [0.25, 0.3) is 11.0 Å². The Balaban J connectivity index is 0.00000274. The van der Waals surface area contributed by atoms with Gasteiger partial charge in [0.2, 0.25) is 11.8 Å². The molecule has 1 aliphatic heterocycles. The van der Waals surface area contributed by atoms with E-state index in [0.29, 0.717) is 19.5 Å². The van der Waals surface area contributed by atoms with E-state index in [4.69, 9.17) is 0 Å². The number of aromatic nitrogens is 2. The predicted molar refractivity (Wildman–Crippen MR) is 143 cm³/mol. The van der Waals surface area contributed by atoms with Crippen LogP contribution in [0, 0.1) is 30.6 Å². The number of imide groups is 1. The Morgan fingerprint density at radius 1 is 1.09 bits per heavy atom. The Morgan fingerprint density at radius 3 is 2.50 bits per heavy atom. The number of benzene rings is 1. The summed E-state index contributed by atoms with van der Waals surface area (Å²) in [6, 6.07) is 8.15. The van der Waals surface area contributed by atoms with Gasteiger partial charge in [0.1, 0.15) is 5.82 Å². The van der Waals surface area contributed by atoms with Crippen LogP contribution in [0.3, 0.4) is 0 Å².